The lowest BCUT2D eigenvalue weighted by Gasteiger charge is -2.34. The highest BCUT2D eigenvalue weighted by Crippen LogP contribution is 2.14. The van der Waals surface area contributed by atoms with Crippen molar-refractivity contribution in [3.05, 3.63) is 30.1 Å². The predicted molar refractivity (Wildman–Crippen MR) is 97.4 cm³/mol. The summed E-state index contributed by atoms with van der Waals surface area (Å²) in [4.78, 5) is 14.7. The molecule has 0 saturated carbocycles. The average molecular weight is 329 g/mol. The van der Waals surface area contributed by atoms with Crippen LogP contribution < -0.4 is 5.32 Å². The molecule has 1 aromatic heterocycles. The Bertz CT molecular complexity index is 640. The van der Waals surface area contributed by atoms with Gasteiger partial charge >= 0.3 is 0 Å². The molecule has 1 aliphatic heterocycles. The average Bonchev–Trinajstić information content (AvgIpc) is 3.03. The van der Waals surface area contributed by atoms with Crippen molar-refractivity contribution in [2.45, 2.75) is 32.3 Å². The Labute approximate surface area is 143 Å². The second kappa shape index (κ2) is 8.15. The van der Waals surface area contributed by atoms with Gasteiger partial charge in [0.25, 0.3) is 0 Å². The van der Waals surface area contributed by atoms with Crippen LogP contribution >= 0.6 is 0 Å². The zero-order chi connectivity index (χ0) is 16.8. The van der Waals surface area contributed by atoms with Crippen molar-refractivity contribution in [2.75, 3.05) is 33.3 Å². The predicted octanol–water partition coefficient (Wildman–Crippen LogP) is 2.18. The molecule has 0 atom stereocenters. The molecule has 6 nitrogen and oxygen atoms in total. The molecule has 2 heterocycles. The van der Waals surface area contributed by atoms with Gasteiger partial charge in [-0.2, -0.15) is 0 Å². The molecule has 2 N–H and O–H groups in total. The molecule has 1 saturated heterocycles. The van der Waals surface area contributed by atoms with Crippen molar-refractivity contribution in [3.8, 4) is 0 Å². The molecule has 0 spiro atoms. The van der Waals surface area contributed by atoms with E-state index in [1.165, 1.54) is 0 Å². The van der Waals surface area contributed by atoms with Crippen molar-refractivity contribution in [2.24, 2.45) is 4.99 Å². The first-order chi connectivity index (χ1) is 11.8. The first kappa shape index (κ1) is 16.8. The molecule has 0 aliphatic carbocycles. The summed E-state index contributed by atoms with van der Waals surface area (Å²) in [5.41, 5.74) is 2.12. The Kier molecular flexibility index (Phi) is 5.69. The van der Waals surface area contributed by atoms with Gasteiger partial charge in [0.15, 0.2) is 5.96 Å². The molecule has 0 unspecified atom stereocenters. The summed E-state index contributed by atoms with van der Waals surface area (Å²) < 4.78 is 5.71. The molecule has 130 valence electrons. The largest absolute Gasteiger partial charge is 0.378 e. The van der Waals surface area contributed by atoms with E-state index in [0.717, 1.165) is 68.3 Å². The molecule has 24 heavy (non-hydrogen) atoms. The summed E-state index contributed by atoms with van der Waals surface area (Å²) in [5.74, 6) is 1.98. The maximum Gasteiger partial charge on any atom is 0.193 e. The number of aromatic nitrogens is 2. The first-order valence-electron chi connectivity index (χ1n) is 8.81. The number of aromatic amines is 1. The monoisotopic (exact) mass is 329 g/mol. The highest BCUT2D eigenvalue weighted by Gasteiger charge is 2.21. The van der Waals surface area contributed by atoms with Crippen molar-refractivity contribution in [1.82, 2.24) is 20.2 Å². The molecular formula is C18H27N5O. The summed E-state index contributed by atoms with van der Waals surface area (Å²) in [7, 11) is 1.85. The molecule has 6 heteroatoms. The fourth-order valence-electron chi connectivity index (χ4n) is 3.22. The van der Waals surface area contributed by atoms with Gasteiger partial charge in [0.05, 0.1) is 17.1 Å². The molecule has 0 amide bonds. The Morgan fingerprint density at radius 2 is 2.17 bits per heavy atom. The van der Waals surface area contributed by atoms with E-state index in [2.05, 4.69) is 38.2 Å². The zero-order valence-corrected chi connectivity index (χ0v) is 14.6. The number of nitrogens with zero attached hydrogens (tertiary/aromatic N) is 3. The minimum absolute atomic E-state index is 0.403. The number of aliphatic imine (C=N–C) groups is 1. The summed E-state index contributed by atoms with van der Waals surface area (Å²) in [5, 5.41) is 3.45. The van der Waals surface area contributed by atoms with E-state index >= 15 is 0 Å². The van der Waals surface area contributed by atoms with E-state index in [-0.39, 0.29) is 0 Å². The first-order valence-corrected chi connectivity index (χ1v) is 8.81. The maximum atomic E-state index is 5.71. The Hall–Kier alpha value is -2.08. The van der Waals surface area contributed by atoms with Gasteiger partial charge in [-0.15, -0.1) is 0 Å². The number of para-hydroxylation sites is 2. The second-order valence-electron chi connectivity index (χ2n) is 6.07. The van der Waals surface area contributed by atoms with Crippen LogP contribution in [0.5, 0.6) is 0 Å². The van der Waals surface area contributed by atoms with Crippen LogP contribution in [-0.2, 0) is 11.2 Å². The number of likely N-dealkylation sites (tertiary alicyclic amines) is 1. The van der Waals surface area contributed by atoms with Gasteiger partial charge in [0, 0.05) is 39.7 Å². The molecular weight excluding hydrogens is 302 g/mol. The summed E-state index contributed by atoms with van der Waals surface area (Å²) in [6, 6.07) is 8.13. The quantitative estimate of drug-likeness (QED) is 0.652. The number of ether oxygens (including phenoxy) is 1. The fraction of sp³-hybridized carbons (Fsp3) is 0.556. The lowest BCUT2D eigenvalue weighted by atomic mass is 10.1. The normalized spacial score (nSPS) is 16.8. The third-order valence-corrected chi connectivity index (χ3v) is 4.44. The minimum Gasteiger partial charge on any atom is -0.378 e. The van der Waals surface area contributed by atoms with Crippen LogP contribution in [0.25, 0.3) is 11.0 Å². The van der Waals surface area contributed by atoms with Crippen LogP contribution in [0.15, 0.2) is 29.3 Å². The number of fused-ring (bicyclic) bond motifs is 1. The topological polar surface area (TPSA) is 65.5 Å². The number of hydrogen-bond donors (Lipinski definition) is 2. The Balaban J connectivity index is 1.48. The van der Waals surface area contributed by atoms with E-state index < -0.39 is 0 Å². The van der Waals surface area contributed by atoms with E-state index in [9.17, 15) is 0 Å². The number of piperidine rings is 1. The van der Waals surface area contributed by atoms with Crippen LogP contribution in [-0.4, -0.2) is 60.2 Å². The molecule has 0 radical (unpaired) electrons. The summed E-state index contributed by atoms with van der Waals surface area (Å²) in [6.45, 7) is 5.67. The van der Waals surface area contributed by atoms with Crippen LogP contribution in [0.1, 0.15) is 25.6 Å². The number of guanidine groups is 1. The van der Waals surface area contributed by atoms with Gasteiger partial charge in [0.1, 0.15) is 5.82 Å². The summed E-state index contributed by atoms with van der Waals surface area (Å²) in [6.07, 6.45) is 3.39. The SMILES string of the molecule is CCOC1CCN(C(=NC)NCCc2nc3ccccc3[nH]2)CC1. The van der Waals surface area contributed by atoms with Gasteiger partial charge < -0.3 is 19.9 Å². The van der Waals surface area contributed by atoms with Crippen LogP contribution in [0.2, 0.25) is 0 Å². The standard InChI is InChI=1S/C18H27N5O/c1-3-24-14-9-12-23(13-10-14)18(19-2)20-11-8-17-21-15-6-4-5-7-16(15)22-17/h4-7,14H,3,8-13H2,1-2H3,(H,19,20)(H,21,22). The van der Waals surface area contributed by atoms with Crippen molar-refractivity contribution >= 4 is 17.0 Å². The zero-order valence-electron chi connectivity index (χ0n) is 14.6. The molecule has 1 aliphatic rings. The van der Waals surface area contributed by atoms with E-state index in [1.807, 2.05) is 25.2 Å². The lowest BCUT2D eigenvalue weighted by Crippen LogP contribution is -2.47. The van der Waals surface area contributed by atoms with E-state index in [0.29, 0.717) is 6.10 Å². The molecule has 3 rings (SSSR count). The van der Waals surface area contributed by atoms with Gasteiger partial charge in [-0.05, 0) is 31.9 Å². The van der Waals surface area contributed by atoms with Crippen LogP contribution in [0.4, 0.5) is 0 Å². The third-order valence-electron chi connectivity index (χ3n) is 4.44. The van der Waals surface area contributed by atoms with Crippen molar-refractivity contribution < 1.29 is 4.74 Å². The highest BCUT2D eigenvalue weighted by atomic mass is 16.5. The van der Waals surface area contributed by atoms with Gasteiger partial charge in [-0.25, -0.2) is 4.98 Å². The number of nitrogens with one attached hydrogen (secondary N) is 2. The highest BCUT2D eigenvalue weighted by molar-refractivity contribution is 5.80. The summed E-state index contributed by atoms with van der Waals surface area (Å²) >= 11 is 0. The number of H-pyrrole nitrogens is 1. The van der Waals surface area contributed by atoms with Gasteiger partial charge in [-0.1, -0.05) is 12.1 Å². The smallest absolute Gasteiger partial charge is 0.193 e. The molecule has 2 aromatic rings. The Morgan fingerprint density at radius 1 is 1.38 bits per heavy atom. The fourth-order valence-corrected chi connectivity index (χ4v) is 3.22. The van der Waals surface area contributed by atoms with E-state index in [4.69, 9.17) is 4.74 Å². The third kappa shape index (κ3) is 4.06. The van der Waals surface area contributed by atoms with Crippen LogP contribution in [0, 0.1) is 0 Å². The molecule has 1 aromatic carbocycles. The Morgan fingerprint density at radius 3 is 2.88 bits per heavy atom. The number of benzene rings is 1. The molecule has 0 bridgehead atoms. The van der Waals surface area contributed by atoms with E-state index in [1.54, 1.807) is 0 Å². The number of rotatable bonds is 5. The number of hydrogen-bond acceptors (Lipinski definition) is 3. The second-order valence-corrected chi connectivity index (χ2v) is 6.07. The lowest BCUT2D eigenvalue weighted by molar-refractivity contribution is 0.0264. The van der Waals surface area contributed by atoms with Crippen molar-refractivity contribution in [1.29, 1.82) is 0 Å². The minimum atomic E-state index is 0.403. The van der Waals surface area contributed by atoms with Crippen molar-refractivity contribution in [3.63, 3.8) is 0 Å². The maximum absolute atomic E-state index is 5.71. The number of imidazole rings is 1. The van der Waals surface area contributed by atoms with Crippen LogP contribution in [0.3, 0.4) is 0 Å². The van der Waals surface area contributed by atoms with Gasteiger partial charge in [0.2, 0.25) is 0 Å². The van der Waals surface area contributed by atoms with Gasteiger partial charge in [-0.3, -0.25) is 4.99 Å². The molecule has 1 fully saturated rings.